The van der Waals surface area contributed by atoms with E-state index in [0.29, 0.717) is 22.6 Å². The van der Waals surface area contributed by atoms with E-state index in [2.05, 4.69) is 6.07 Å². The Labute approximate surface area is 202 Å². The van der Waals surface area contributed by atoms with E-state index in [0.717, 1.165) is 11.1 Å². The Kier molecular flexibility index (Phi) is 6.69. The lowest BCUT2D eigenvalue weighted by Crippen LogP contribution is -2.21. The van der Waals surface area contributed by atoms with Crippen LogP contribution in [0.2, 0.25) is 0 Å². The third-order valence-electron chi connectivity index (χ3n) is 5.59. The van der Waals surface area contributed by atoms with E-state index in [1.54, 1.807) is 73.8 Å². The van der Waals surface area contributed by atoms with Gasteiger partial charge >= 0.3 is 11.9 Å². The summed E-state index contributed by atoms with van der Waals surface area (Å²) in [5, 5.41) is 9.73. The van der Waals surface area contributed by atoms with Gasteiger partial charge in [0.15, 0.2) is 0 Å². The molecule has 3 aromatic carbocycles. The van der Waals surface area contributed by atoms with Gasteiger partial charge in [-0.05, 0) is 41.5 Å². The predicted molar refractivity (Wildman–Crippen MR) is 126 cm³/mol. The van der Waals surface area contributed by atoms with E-state index >= 15 is 0 Å². The van der Waals surface area contributed by atoms with E-state index in [1.807, 2.05) is 0 Å². The number of methoxy groups -OCH3 is 2. The number of esters is 2. The summed E-state index contributed by atoms with van der Waals surface area (Å²) in [6, 6.07) is 20.9. The summed E-state index contributed by atoms with van der Waals surface area (Å²) >= 11 is 0. The SMILES string of the molecule is COC(=O)c1ccc(C2C(C#N)=C(N)Oc3cc(OC(=O)Cc4ccc(OC)cc4)ccc32)cc1. The van der Waals surface area contributed by atoms with Gasteiger partial charge in [-0.25, -0.2) is 4.79 Å². The molecule has 1 heterocycles. The summed E-state index contributed by atoms with van der Waals surface area (Å²) in [6.45, 7) is 0. The third-order valence-corrected chi connectivity index (χ3v) is 5.59. The van der Waals surface area contributed by atoms with Crippen molar-refractivity contribution in [3.63, 3.8) is 0 Å². The number of nitrogens with two attached hydrogens (primary N) is 1. The second kappa shape index (κ2) is 10.0. The minimum atomic E-state index is -0.514. The van der Waals surface area contributed by atoms with E-state index in [4.69, 9.17) is 24.7 Å². The van der Waals surface area contributed by atoms with Gasteiger partial charge in [-0.2, -0.15) is 5.26 Å². The normalized spacial score (nSPS) is 14.3. The molecule has 0 spiro atoms. The molecule has 0 aromatic heterocycles. The van der Waals surface area contributed by atoms with Gasteiger partial charge in [0.05, 0.1) is 32.1 Å². The summed E-state index contributed by atoms with van der Waals surface area (Å²) < 4.78 is 21.1. The van der Waals surface area contributed by atoms with Crippen molar-refractivity contribution in [2.75, 3.05) is 14.2 Å². The van der Waals surface area contributed by atoms with Gasteiger partial charge in [0.1, 0.15) is 28.9 Å². The average Bonchev–Trinajstić information content (AvgIpc) is 2.87. The number of fused-ring (bicyclic) bond motifs is 1. The summed E-state index contributed by atoms with van der Waals surface area (Å²) in [4.78, 5) is 24.2. The first kappa shape index (κ1) is 23.4. The molecular formula is C27H22N2O6. The number of ether oxygens (including phenoxy) is 4. The molecule has 0 aliphatic carbocycles. The molecule has 1 aliphatic heterocycles. The smallest absolute Gasteiger partial charge is 0.337 e. The molecule has 8 heteroatoms. The number of hydrogen-bond acceptors (Lipinski definition) is 8. The number of nitrogens with zero attached hydrogens (tertiary/aromatic N) is 1. The van der Waals surface area contributed by atoms with Gasteiger partial charge in [-0.3, -0.25) is 4.79 Å². The quantitative estimate of drug-likeness (QED) is 0.426. The Balaban J connectivity index is 1.58. The summed E-state index contributed by atoms with van der Waals surface area (Å²) in [7, 11) is 2.88. The summed E-state index contributed by atoms with van der Waals surface area (Å²) in [6.07, 6.45) is 0.0811. The molecule has 0 bridgehead atoms. The van der Waals surface area contributed by atoms with Crippen molar-refractivity contribution in [1.29, 1.82) is 5.26 Å². The highest BCUT2D eigenvalue weighted by Gasteiger charge is 2.31. The molecule has 0 fully saturated rings. The maximum atomic E-state index is 12.5. The molecule has 8 nitrogen and oxygen atoms in total. The number of rotatable bonds is 6. The maximum absolute atomic E-state index is 12.5. The second-order valence-corrected chi connectivity index (χ2v) is 7.74. The van der Waals surface area contributed by atoms with Gasteiger partial charge in [0.25, 0.3) is 0 Å². The second-order valence-electron chi connectivity index (χ2n) is 7.74. The highest BCUT2D eigenvalue weighted by atomic mass is 16.5. The van der Waals surface area contributed by atoms with Gasteiger partial charge in [-0.1, -0.05) is 30.3 Å². The average molecular weight is 470 g/mol. The number of benzene rings is 3. The van der Waals surface area contributed by atoms with Crippen LogP contribution in [0.5, 0.6) is 17.2 Å². The maximum Gasteiger partial charge on any atom is 0.337 e. The number of allylic oxidation sites excluding steroid dienone is 1. The van der Waals surface area contributed by atoms with Gasteiger partial charge in [-0.15, -0.1) is 0 Å². The van der Waals surface area contributed by atoms with Crippen LogP contribution in [0.3, 0.4) is 0 Å². The van der Waals surface area contributed by atoms with Crippen molar-refractivity contribution in [1.82, 2.24) is 0 Å². The zero-order valence-electron chi connectivity index (χ0n) is 19.1. The number of hydrogen-bond donors (Lipinski definition) is 1. The van der Waals surface area contributed by atoms with Crippen LogP contribution in [-0.4, -0.2) is 26.2 Å². The van der Waals surface area contributed by atoms with Gasteiger partial charge in [0, 0.05) is 11.6 Å². The van der Waals surface area contributed by atoms with Crippen molar-refractivity contribution in [3.8, 4) is 23.3 Å². The van der Waals surface area contributed by atoms with Crippen LogP contribution in [0.15, 0.2) is 78.2 Å². The molecule has 0 amide bonds. The molecule has 1 atom stereocenters. The zero-order chi connectivity index (χ0) is 24.9. The fourth-order valence-electron chi connectivity index (χ4n) is 3.85. The number of carbonyl (C=O) groups excluding carboxylic acids is 2. The van der Waals surface area contributed by atoms with Gasteiger partial charge in [0.2, 0.25) is 5.88 Å². The molecule has 0 saturated heterocycles. The molecule has 35 heavy (non-hydrogen) atoms. The van der Waals surface area contributed by atoms with E-state index in [9.17, 15) is 14.9 Å². The van der Waals surface area contributed by atoms with Crippen molar-refractivity contribution in [2.24, 2.45) is 5.73 Å². The lowest BCUT2D eigenvalue weighted by atomic mass is 9.83. The highest BCUT2D eigenvalue weighted by Crippen LogP contribution is 2.43. The molecule has 1 aliphatic rings. The number of carbonyl (C=O) groups is 2. The molecule has 0 radical (unpaired) electrons. The lowest BCUT2D eigenvalue weighted by molar-refractivity contribution is -0.133. The molecule has 4 rings (SSSR count). The standard InChI is InChI=1S/C27H22N2O6/c1-32-19-9-3-16(4-10-19)13-24(30)34-20-11-12-21-23(14-20)35-26(29)22(15-28)25(21)17-5-7-18(8-6-17)27(31)33-2/h3-12,14,25H,13,29H2,1-2H3. The van der Waals surface area contributed by atoms with E-state index in [-0.39, 0.29) is 23.6 Å². The van der Waals surface area contributed by atoms with Crippen LogP contribution in [0, 0.1) is 11.3 Å². The Morgan fingerprint density at radius 2 is 1.69 bits per heavy atom. The molecule has 2 N–H and O–H groups in total. The molecule has 0 saturated carbocycles. The Morgan fingerprint density at radius 1 is 1.00 bits per heavy atom. The van der Waals surface area contributed by atoms with Crippen molar-refractivity contribution >= 4 is 11.9 Å². The van der Waals surface area contributed by atoms with E-state index in [1.165, 1.54) is 7.11 Å². The fraction of sp³-hybridized carbons (Fsp3) is 0.148. The van der Waals surface area contributed by atoms with Crippen LogP contribution in [0.1, 0.15) is 33.0 Å². The molecule has 176 valence electrons. The molecule has 1 unspecified atom stereocenters. The summed E-state index contributed by atoms with van der Waals surface area (Å²) in [5.74, 6) is -0.0923. The van der Waals surface area contributed by atoms with Crippen molar-refractivity contribution in [2.45, 2.75) is 12.3 Å². The Hall–Kier alpha value is -4.77. The van der Waals surface area contributed by atoms with Gasteiger partial charge < -0.3 is 24.7 Å². The highest BCUT2D eigenvalue weighted by molar-refractivity contribution is 5.89. The van der Waals surface area contributed by atoms with Crippen LogP contribution in [-0.2, 0) is 16.0 Å². The third kappa shape index (κ3) is 4.94. The Bertz CT molecular complexity index is 1340. The van der Waals surface area contributed by atoms with Crippen LogP contribution < -0.4 is 19.9 Å². The van der Waals surface area contributed by atoms with Crippen LogP contribution >= 0.6 is 0 Å². The number of nitriles is 1. The topological polar surface area (TPSA) is 121 Å². The molecule has 3 aromatic rings. The monoisotopic (exact) mass is 470 g/mol. The van der Waals surface area contributed by atoms with Crippen LogP contribution in [0.25, 0.3) is 0 Å². The van der Waals surface area contributed by atoms with Crippen molar-refractivity contribution in [3.05, 3.63) is 100 Å². The largest absolute Gasteiger partial charge is 0.497 e. The van der Waals surface area contributed by atoms with E-state index < -0.39 is 17.9 Å². The predicted octanol–water partition coefficient (Wildman–Crippen LogP) is 3.85. The minimum absolute atomic E-state index is 0.0382. The van der Waals surface area contributed by atoms with Crippen LogP contribution in [0.4, 0.5) is 0 Å². The fourth-order valence-corrected chi connectivity index (χ4v) is 3.85. The van der Waals surface area contributed by atoms with Crippen molar-refractivity contribution < 1.29 is 28.5 Å². The summed E-state index contributed by atoms with van der Waals surface area (Å²) in [5.41, 5.74) is 8.88. The lowest BCUT2D eigenvalue weighted by Gasteiger charge is -2.26. The first-order valence-electron chi connectivity index (χ1n) is 10.7. The zero-order valence-corrected chi connectivity index (χ0v) is 19.1. The Morgan fingerprint density at radius 3 is 2.31 bits per heavy atom. The first-order valence-corrected chi connectivity index (χ1v) is 10.7. The first-order chi connectivity index (χ1) is 16.9. The minimum Gasteiger partial charge on any atom is -0.497 e. The molecular weight excluding hydrogens is 448 g/mol.